The second kappa shape index (κ2) is 2.55. The highest BCUT2D eigenvalue weighted by molar-refractivity contribution is 8.03. The fourth-order valence-electron chi connectivity index (χ4n) is 0.914. The molecular weight excluding hydrogens is 152 g/mol. The first-order chi connectivity index (χ1) is 4.17. The summed E-state index contributed by atoms with van der Waals surface area (Å²) in [6.07, 6.45) is 1.26. The average Bonchev–Trinajstić information content (AvgIpc) is 2.08. The Bertz CT molecular complexity index is 138. The molecule has 0 amide bonds. The van der Waals surface area contributed by atoms with Gasteiger partial charge in [0.25, 0.3) is 0 Å². The Morgan fingerprint density at radius 3 is 2.56 bits per heavy atom. The molecule has 1 aliphatic rings. The molecule has 2 heteroatoms. The Kier molecular flexibility index (Phi) is 2.12. The van der Waals surface area contributed by atoms with Gasteiger partial charge in [-0.25, -0.2) is 0 Å². The predicted octanol–water partition coefficient (Wildman–Crippen LogP) is 3.23. The van der Waals surface area contributed by atoms with E-state index in [0.29, 0.717) is 5.41 Å². The summed E-state index contributed by atoms with van der Waals surface area (Å²) in [6.45, 7) is 4.47. The van der Waals surface area contributed by atoms with E-state index in [1.54, 1.807) is 5.54 Å². The van der Waals surface area contributed by atoms with Gasteiger partial charge < -0.3 is 0 Å². The highest BCUT2D eigenvalue weighted by Crippen LogP contribution is 2.45. The van der Waals surface area contributed by atoms with Crippen LogP contribution in [0.5, 0.6) is 0 Å². The van der Waals surface area contributed by atoms with E-state index in [4.69, 9.17) is 11.6 Å². The summed E-state index contributed by atoms with van der Waals surface area (Å²) in [6, 6.07) is 0. The molecule has 0 saturated carbocycles. The molecular formula is C7H11ClS. The van der Waals surface area contributed by atoms with Crippen LogP contribution in [0.25, 0.3) is 0 Å². The lowest BCUT2D eigenvalue weighted by atomic mass is 9.91. The lowest BCUT2D eigenvalue weighted by molar-refractivity contribution is 0.473. The topological polar surface area (TPSA) is 0 Å². The molecule has 1 rings (SSSR count). The van der Waals surface area contributed by atoms with Crippen molar-refractivity contribution in [3.05, 3.63) is 10.4 Å². The van der Waals surface area contributed by atoms with Crippen LogP contribution in [0.15, 0.2) is 10.4 Å². The molecule has 0 aromatic heterocycles. The van der Waals surface area contributed by atoms with E-state index < -0.39 is 0 Å². The highest BCUT2D eigenvalue weighted by Gasteiger charge is 2.28. The van der Waals surface area contributed by atoms with Crippen molar-refractivity contribution in [2.24, 2.45) is 5.41 Å². The maximum Gasteiger partial charge on any atom is 0.0143 e. The lowest BCUT2D eigenvalue weighted by Gasteiger charge is -2.16. The maximum absolute atomic E-state index is 5.61. The Hall–Kier alpha value is 0.380. The van der Waals surface area contributed by atoms with Crippen molar-refractivity contribution in [3.8, 4) is 0 Å². The van der Waals surface area contributed by atoms with E-state index in [1.807, 2.05) is 11.8 Å². The van der Waals surface area contributed by atoms with Crippen LogP contribution in [0, 0.1) is 5.41 Å². The van der Waals surface area contributed by atoms with Gasteiger partial charge in [-0.2, -0.15) is 0 Å². The first-order valence-electron chi connectivity index (χ1n) is 3.10. The zero-order valence-electron chi connectivity index (χ0n) is 5.78. The standard InChI is InChI=1S/C7H11ClS/c1-7(2)3-4-9-6(7)5-8/h5H,3-4H2,1-2H3. The summed E-state index contributed by atoms with van der Waals surface area (Å²) >= 11 is 7.49. The van der Waals surface area contributed by atoms with Crippen LogP contribution in [0.1, 0.15) is 20.3 Å². The molecule has 0 aromatic carbocycles. The van der Waals surface area contributed by atoms with Gasteiger partial charge in [0.2, 0.25) is 0 Å². The maximum atomic E-state index is 5.61. The molecule has 1 fully saturated rings. The van der Waals surface area contributed by atoms with Crippen molar-refractivity contribution in [2.45, 2.75) is 20.3 Å². The zero-order chi connectivity index (χ0) is 6.91. The van der Waals surface area contributed by atoms with Gasteiger partial charge in [-0.1, -0.05) is 25.4 Å². The molecule has 0 atom stereocenters. The highest BCUT2D eigenvalue weighted by atomic mass is 35.5. The number of hydrogen-bond acceptors (Lipinski definition) is 1. The SMILES string of the molecule is CC1(C)CCSC1=CCl. The van der Waals surface area contributed by atoms with Crippen LogP contribution >= 0.6 is 23.4 Å². The van der Waals surface area contributed by atoms with E-state index in [1.165, 1.54) is 17.1 Å². The minimum Gasteiger partial charge on any atom is -0.129 e. The van der Waals surface area contributed by atoms with E-state index >= 15 is 0 Å². The molecule has 1 saturated heterocycles. The van der Waals surface area contributed by atoms with E-state index in [-0.39, 0.29) is 0 Å². The number of allylic oxidation sites excluding steroid dienone is 1. The Labute approximate surface area is 65.7 Å². The van der Waals surface area contributed by atoms with Crippen molar-refractivity contribution in [2.75, 3.05) is 5.75 Å². The fraction of sp³-hybridized carbons (Fsp3) is 0.714. The van der Waals surface area contributed by atoms with Crippen molar-refractivity contribution < 1.29 is 0 Å². The molecule has 0 unspecified atom stereocenters. The van der Waals surface area contributed by atoms with E-state index in [0.717, 1.165) is 0 Å². The second-order valence-corrected chi connectivity index (χ2v) is 4.31. The summed E-state index contributed by atoms with van der Waals surface area (Å²) < 4.78 is 0. The quantitative estimate of drug-likeness (QED) is 0.527. The van der Waals surface area contributed by atoms with Crippen LogP contribution in [-0.4, -0.2) is 5.75 Å². The molecule has 9 heavy (non-hydrogen) atoms. The summed E-state index contributed by atoms with van der Waals surface area (Å²) in [7, 11) is 0. The van der Waals surface area contributed by atoms with Gasteiger partial charge in [0.15, 0.2) is 0 Å². The van der Waals surface area contributed by atoms with Crippen LogP contribution in [0.2, 0.25) is 0 Å². The van der Waals surface area contributed by atoms with E-state index in [9.17, 15) is 0 Å². The molecule has 0 N–H and O–H groups in total. The molecule has 0 aliphatic carbocycles. The molecule has 0 nitrogen and oxygen atoms in total. The largest absolute Gasteiger partial charge is 0.129 e. The molecule has 1 aliphatic heterocycles. The van der Waals surface area contributed by atoms with Crippen molar-refractivity contribution in [1.29, 1.82) is 0 Å². The zero-order valence-corrected chi connectivity index (χ0v) is 7.35. The first-order valence-corrected chi connectivity index (χ1v) is 4.53. The van der Waals surface area contributed by atoms with Gasteiger partial charge >= 0.3 is 0 Å². The first kappa shape index (κ1) is 7.49. The normalized spacial score (nSPS) is 29.4. The van der Waals surface area contributed by atoms with Gasteiger partial charge in [-0.15, -0.1) is 11.8 Å². The smallest absolute Gasteiger partial charge is 0.0143 e. The predicted molar refractivity (Wildman–Crippen MR) is 44.8 cm³/mol. The summed E-state index contributed by atoms with van der Waals surface area (Å²) in [5.74, 6) is 1.23. The van der Waals surface area contributed by atoms with Gasteiger partial charge in [0, 0.05) is 10.4 Å². The van der Waals surface area contributed by atoms with Gasteiger partial charge in [-0.3, -0.25) is 0 Å². The number of halogens is 1. The lowest BCUT2D eigenvalue weighted by Crippen LogP contribution is -2.05. The van der Waals surface area contributed by atoms with Crippen LogP contribution in [0.3, 0.4) is 0 Å². The van der Waals surface area contributed by atoms with E-state index in [2.05, 4.69) is 13.8 Å². The molecule has 0 aromatic rings. The van der Waals surface area contributed by atoms with Crippen molar-refractivity contribution in [3.63, 3.8) is 0 Å². The molecule has 0 radical (unpaired) electrons. The van der Waals surface area contributed by atoms with Gasteiger partial charge in [0.1, 0.15) is 0 Å². The molecule has 0 bridgehead atoms. The van der Waals surface area contributed by atoms with Crippen molar-refractivity contribution in [1.82, 2.24) is 0 Å². The summed E-state index contributed by atoms with van der Waals surface area (Å²) in [5.41, 5.74) is 2.07. The van der Waals surface area contributed by atoms with Gasteiger partial charge in [0.05, 0.1) is 0 Å². The third-order valence-electron chi connectivity index (χ3n) is 1.75. The fourth-order valence-corrected chi connectivity index (χ4v) is 2.79. The minimum absolute atomic E-state index is 0.354. The van der Waals surface area contributed by atoms with Crippen LogP contribution in [0.4, 0.5) is 0 Å². The van der Waals surface area contributed by atoms with Gasteiger partial charge in [-0.05, 0) is 17.6 Å². The van der Waals surface area contributed by atoms with Crippen molar-refractivity contribution >= 4 is 23.4 Å². The Morgan fingerprint density at radius 1 is 1.67 bits per heavy atom. The molecule has 1 heterocycles. The molecule has 0 spiro atoms. The Morgan fingerprint density at radius 2 is 2.33 bits per heavy atom. The number of hydrogen-bond donors (Lipinski definition) is 0. The number of rotatable bonds is 0. The second-order valence-electron chi connectivity index (χ2n) is 2.96. The Balaban J connectivity index is 2.75. The van der Waals surface area contributed by atoms with Crippen LogP contribution in [-0.2, 0) is 0 Å². The minimum atomic E-state index is 0.354. The monoisotopic (exact) mass is 162 g/mol. The number of thioether (sulfide) groups is 1. The third kappa shape index (κ3) is 1.44. The summed E-state index contributed by atoms with van der Waals surface area (Å²) in [5, 5.41) is 0. The molecule has 52 valence electrons. The van der Waals surface area contributed by atoms with Crippen LogP contribution < -0.4 is 0 Å². The average molecular weight is 163 g/mol. The summed E-state index contributed by atoms with van der Waals surface area (Å²) in [4.78, 5) is 1.34. The third-order valence-corrected chi connectivity index (χ3v) is 3.49.